The van der Waals surface area contributed by atoms with Crippen LogP contribution < -0.4 is 0 Å². The lowest BCUT2D eigenvalue weighted by Gasteiger charge is -2.28. The van der Waals surface area contributed by atoms with Crippen LogP contribution in [-0.2, 0) is 19.4 Å². The Morgan fingerprint density at radius 2 is 2.00 bits per heavy atom. The molecule has 1 aromatic carbocycles. The highest BCUT2D eigenvalue weighted by Gasteiger charge is 2.15. The van der Waals surface area contributed by atoms with Gasteiger partial charge in [0.15, 0.2) is 0 Å². The van der Waals surface area contributed by atoms with Crippen LogP contribution in [0.25, 0.3) is 0 Å². The van der Waals surface area contributed by atoms with Crippen LogP contribution >= 0.6 is 0 Å². The molecule has 0 fully saturated rings. The van der Waals surface area contributed by atoms with Gasteiger partial charge in [-0.25, -0.2) is 4.98 Å². The molecule has 1 aliphatic heterocycles. The van der Waals surface area contributed by atoms with Gasteiger partial charge in [0, 0.05) is 18.8 Å². The highest BCUT2D eigenvalue weighted by Crippen LogP contribution is 2.19. The number of hydrogen-bond acceptors (Lipinski definition) is 5. The van der Waals surface area contributed by atoms with Gasteiger partial charge in [0.25, 0.3) is 0 Å². The van der Waals surface area contributed by atoms with Crippen LogP contribution in [-0.4, -0.2) is 39.5 Å². The fourth-order valence-electron chi connectivity index (χ4n) is 3.03. The predicted octanol–water partition coefficient (Wildman–Crippen LogP) is 2.59. The number of pyridine rings is 1. The van der Waals surface area contributed by atoms with Crippen LogP contribution in [0.1, 0.15) is 28.9 Å². The van der Waals surface area contributed by atoms with E-state index < -0.39 is 0 Å². The van der Waals surface area contributed by atoms with E-state index in [9.17, 15) is 5.11 Å². The van der Waals surface area contributed by atoms with Gasteiger partial charge in [0.1, 0.15) is 11.4 Å². The van der Waals surface area contributed by atoms with E-state index >= 15 is 0 Å². The molecule has 0 saturated carbocycles. The van der Waals surface area contributed by atoms with Crippen LogP contribution in [0.3, 0.4) is 0 Å². The molecular formula is C18H21N3O2. The molecule has 0 aliphatic carbocycles. The topological polar surface area (TPSA) is 69.0 Å². The Kier molecular flexibility index (Phi) is 4.88. The van der Waals surface area contributed by atoms with Gasteiger partial charge in [-0.05, 0) is 49.1 Å². The standard InChI is InChI=1S/C18H21N3O2/c22-18-8-7-16(20-17(18)12-19-23)6-3-10-21-11-9-14-4-1-2-5-15(14)13-21/h1-2,4-5,7-8,12,22-23H,3,6,9-11,13H2/b19-12+. The molecular weight excluding hydrogens is 290 g/mol. The number of nitrogens with zero attached hydrogens (tertiary/aromatic N) is 3. The van der Waals surface area contributed by atoms with Crippen LogP contribution in [0.4, 0.5) is 0 Å². The molecule has 5 nitrogen and oxygen atoms in total. The molecule has 2 N–H and O–H groups in total. The molecule has 0 amide bonds. The maximum atomic E-state index is 9.62. The van der Waals surface area contributed by atoms with E-state index in [-0.39, 0.29) is 5.75 Å². The maximum Gasteiger partial charge on any atom is 0.142 e. The fourth-order valence-corrected chi connectivity index (χ4v) is 3.03. The van der Waals surface area contributed by atoms with Crippen molar-refractivity contribution in [2.45, 2.75) is 25.8 Å². The third kappa shape index (κ3) is 3.87. The maximum absolute atomic E-state index is 9.62. The van der Waals surface area contributed by atoms with Gasteiger partial charge in [0.05, 0.1) is 6.21 Å². The smallest absolute Gasteiger partial charge is 0.142 e. The van der Waals surface area contributed by atoms with Gasteiger partial charge in [0.2, 0.25) is 0 Å². The number of aryl methyl sites for hydroxylation is 1. The Balaban J connectivity index is 1.53. The van der Waals surface area contributed by atoms with Crippen molar-refractivity contribution in [3.8, 4) is 5.75 Å². The number of rotatable bonds is 5. The number of aromatic hydroxyl groups is 1. The molecule has 0 unspecified atom stereocenters. The van der Waals surface area contributed by atoms with Crippen molar-refractivity contribution in [2.75, 3.05) is 13.1 Å². The summed E-state index contributed by atoms with van der Waals surface area (Å²) in [6.45, 7) is 3.14. The van der Waals surface area contributed by atoms with E-state index in [0.29, 0.717) is 5.69 Å². The Morgan fingerprint density at radius 1 is 1.17 bits per heavy atom. The number of aromatic nitrogens is 1. The second kappa shape index (κ2) is 7.24. The molecule has 0 saturated heterocycles. The van der Waals surface area contributed by atoms with Gasteiger partial charge in [-0.3, -0.25) is 4.90 Å². The molecule has 0 atom stereocenters. The molecule has 120 valence electrons. The molecule has 1 aliphatic rings. The van der Waals surface area contributed by atoms with Crippen LogP contribution in [0.15, 0.2) is 41.6 Å². The van der Waals surface area contributed by atoms with E-state index in [1.807, 2.05) is 6.07 Å². The second-order valence-corrected chi connectivity index (χ2v) is 5.85. The molecule has 2 heterocycles. The number of fused-ring (bicyclic) bond motifs is 1. The molecule has 0 bridgehead atoms. The van der Waals surface area contributed by atoms with E-state index in [2.05, 4.69) is 39.3 Å². The minimum Gasteiger partial charge on any atom is -0.506 e. The number of hydrogen-bond donors (Lipinski definition) is 2. The summed E-state index contributed by atoms with van der Waals surface area (Å²) in [4.78, 5) is 6.77. The molecule has 2 aromatic rings. The lowest BCUT2D eigenvalue weighted by Crippen LogP contribution is -2.31. The Labute approximate surface area is 135 Å². The van der Waals surface area contributed by atoms with Crippen LogP contribution in [0, 0.1) is 0 Å². The summed E-state index contributed by atoms with van der Waals surface area (Å²) in [6, 6.07) is 12.1. The van der Waals surface area contributed by atoms with Crippen molar-refractivity contribution in [1.29, 1.82) is 0 Å². The highest BCUT2D eigenvalue weighted by molar-refractivity contribution is 5.80. The molecule has 0 radical (unpaired) electrons. The van der Waals surface area contributed by atoms with Gasteiger partial charge < -0.3 is 10.3 Å². The van der Waals surface area contributed by atoms with Gasteiger partial charge in [-0.1, -0.05) is 29.4 Å². The average Bonchev–Trinajstić information content (AvgIpc) is 2.58. The summed E-state index contributed by atoms with van der Waals surface area (Å²) >= 11 is 0. The van der Waals surface area contributed by atoms with Crippen molar-refractivity contribution in [1.82, 2.24) is 9.88 Å². The third-order valence-electron chi connectivity index (χ3n) is 4.26. The zero-order valence-corrected chi connectivity index (χ0v) is 13.0. The largest absolute Gasteiger partial charge is 0.506 e. The fraction of sp³-hybridized carbons (Fsp3) is 0.333. The van der Waals surface area contributed by atoms with Crippen molar-refractivity contribution in [3.63, 3.8) is 0 Å². The van der Waals surface area contributed by atoms with Gasteiger partial charge >= 0.3 is 0 Å². The minimum atomic E-state index is 0.0270. The Morgan fingerprint density at radius 3 is 2.83 bits per heavy atom. The van der Waals surface area contributed by atoms with Crippen LogP contribution in [0.5, 0.6) is 5.75 Å². The summed E-state index contributed by atoms with van der Waals surface area (Å²) in [5.74, 6) is 0.0270. The van der Waals surface area contributed by atoms with Crippen molar-refractivity contribution in [2.24, 2.45) is 5.16 Å². The predicted molar refractivity (Wildman–Crippen MR) is 89.0 cm³/mol. The molecule has 1 aromatic heterocycles. The summed E-state index contributed by atoms with van der Waals surface area (Å²) in [5, 5.41) is 21.1. The summed E-state index contributed by atoms with van der Waals surface area (Å²) in [6.07, 6.45) is 4.12. The molecule has 5 heteroatoms. The van der Waals surface area contributed by atoms with E-state index in [1.54, 1.807) is 6.07 Å². The Hall–Kier alpha value is -2.40. The summed E-state index contributed by atoms with van der Waals surface area (Å²) in [5.41, 5.74) is 4.10. The minimum absolute atomic E-state index is 0.0270. The summed E-state index contributed by atoms with van der Waals surface area (Å²) < 4.78 is 0. The highest BCUT2D eigenvalue weighted by atomic mass is 16.4. The first kappa shape index (κ1) is 15.5. The molecule has 0 spiro atoms. The first-order chi connectivity index (χ1) is 11.3. The van der Waals surface area contributed by atoms with Crippen molar-refractivity contribution < 1.29 is 10.3 Å². The summed E-state index contributed by atoms with van der Waals surface area (Å²) in [7, 11) is 0. The first-order valence-electron chi connectivity index (χ1n) is 7.92. The van der Waals surface area contributed by atoms with E-state index in [0.717, 1.165) is 50.8 Å². The monoisotopic (exact) mass is 311 g/mol. The lowest BCUT2D eigenvalue weighted by molar-refractivity contribution is 0.251. The molecule has 23 heavy (non-hydrogen) atoms. The van der Waals surface area contributed by atoms with Gasteiger partial charge in [-0.2, -0.15) is 0 Å². The Bertz CT molecular complexity index is 700. The number of oxime groups is 1. The van der Waals surface area contributed by atoms with E-state index in [4.69, 9.17) is 5.21 Å². The molecule has 3 rings (SSSR count). The van der Waals surface area contributed by atoms with E-state index in [1.165, 1.54) is 11.1 Å². The zero-order chi connectivity index (χ0) is 16.1. The second-order valence-electron chi connectivity index (χ2n) is 5.85. The first-order valence-corrected chi connectivity index (χ1v) is 7.92. The zero-order valence-electron chi connectivity index (χ0n) is 13.0. The normalized spacial score (nSPS) is 15.0. The van der Waals surface area contributed by atoms with Crippen molar-refractivity contribution >= 4 is 6.21 Å². The van der Waals surface area contributed by atoms with Gasteiger partial charge in [-0.15, -0.1) is 0 Å². The SMILES string of the molecule is O/N=C/c1nc(CCCN2CCc3ccccc3C2)ccc1O. The third-order valence-corrected chi connectivity index (χ3v) is 4.26. The van der Waals surface area contributed by atoms with Crippen molar-refractivity contribution in [3.05, 3.63) is 58.9 Å². The lowest BCUT2D eigenvalue weighted by atomic mass is 10.00. The average molecular weight is 311 g/mol. The van der Waals surface area contributed by atoms with Crippen LogP contribution in [0.2, 0.25) is 0 Å². The quantitative estimate of drug-likeness (QED) is 0.506. The number of benzene rings is 1.